The minimum atomic E-state index is -0.570. The lowest BCUT2D eigenvalue weighted by atomic mass is 9.97. The largest absolute Gasteiger partial charge is 0.444 e. The number of benzene rings is 1. The van der Waals surface area contributed by atoms with E-state index in [4.69, 9.17) is 39.5 Å². The summed E-state index contributed by atoms with van der Waals surface area (Å²) < 4.78 is 5.37. The van der Waals surface area contributed by atoms with Gasteiger partial charge < -0.3 is 15.0 Å². The molecule has 1 aromatic rings. The number of carbonyl (C=O) groups excluding carboxylic acids is 2. The molecule has 0 saturated carbocycles. The van der Waals surface area contributed by atoms with Crippen molar-refractivity contribution in [3.05, 3.63) is 27.2 Å². The fourth-order valence-electron chi connectivity index (χ4n) is 2.54. The molecule has 0 radical (unpaired) electrons. The first-order valence-corrected chi connectivity index (χ1v) is 9.13. The van der Waals surface area contributed by atoms with Crippen molar-refractivity contribution in [3.8, 4) is 0 Å². The Bertz CT molecular complexity index is 674. The number of likely N-dealkylation sites (tertiary alicyclic amines) is 1. The van der Waals surface area contributed by atoms with Crippen LogP contribution in [0.5, 0.6) is 0 Å². The highest BCUT2D eigenvalue weighted by molar-refractivity contribution is 6.44. The predicted molar refractivity (Wildman–Crippen MR) is 101 cm³/mol. The van der Waals surface area contributed by atoms with Crippen molar-refractivity contribution in [2.75, 3.05) is 18.4 Å². The lowest BCUT2D eigenvalue weighted by Gasteiger charge is -2.33. The second kappa shape index (κ2) is 8.02. The predicted octanol–water partition coefficient (Wildman–Crippen LogP) is 5.23. The van der Waals surface area contributed by atoms with Gasteiger partial charge in [0.1, 0.15) is 5.60 Å². The molecule has 1 N–H and O–H groups in total. The maximum absolute atomic E-state index is 12.5. The second-order valence-electron chi connectivity index (χ2n) is 7.00. The standard InChI is InChI=1S/C17H21Cl3N2O3/c1-17(2,3)25-16(24)22-6-4-5-10(9-22)15(23)21-14-8-12(19)11(18)7-13(14)20/h7-8,10H,4-6,9H2,1-3H3,(H,21,23). The van der Waals surface area contributed by atoms with Gasteiger partial charge in [0.25, 0.3) is 0 Å². The van der Waals surface area contributed by atoms with E-state index in [1.807, 2.05) is 20.8 Å². The number of rotatable bonds is 2. The van der Waals surface area contributed by atoms with Crippen LogP contribution in [-0.2, 0) is 9.53 Å². The number of piperidine rings is 1. The van der Waals surface area contributed by atoms with Crippen LogP contribution in [0.1, 0.15) is 33.6 Å². The molecule has 1 aliphatic rings. The van der Waals surface area contributed by atoms with E-state index in [2.05, 4.69) is 5.32 Å². The van der Waals surface area contributed by atoms with Gasteiger partial charge in [-0.05, 0) is 45.7 Å². The van der Waals surface area contributed by atoms with Gasteiger partial charge in [-0.15, -0.1) is 0 Å². The first-order valence-electron chi connectivity index (χ1n) is 8.00. The van der Waals surface area contributed by atoms with Crippen LogP contribution >= 0.6 is 34.8 Å². The van der Waals surface area contributed by atoms with Crippen molar-refractivity contribution >= 4 is 52.5 Å². The molecular formula is C17H21Cl3N2O3. The molecule has 1 fully saturated rings. The molecule has 0 aromatic heterocycles. The Morgan fingerprint density at radius 3 is 2.44 bits per heavy atom. The fraction of sp³-hybridized carbons (Fsp3) is 0.529. The average Bonchev–Trinajstić information content (AvgIpc) is 2.51. The molecule has 25 heavy (non-hydrogen) atoms. The van der Waals surface area contributed by atoms with Gasteiger partial charge in [0, 0.05) is 13.1 Å². The summed E-state index contributed by atoms with van der Waals surface area (Å²) in [5, 5.41) is 3.69. The molecule has 2 rings (SSSR count). The molecule has 2 amide bonds. The highest BCUT2D eigenvalue weighted by Gasteiger charge is 2.31. The van der Waals surface area contributed by atoms with E-state index in [9.17, 15) is 9.59 Å². The summed E-state index contributed by atoms with van der Waals surface area (Å²) in [6.07, 6.45) is 1.01. The van der Waals surface area contributed by atoms with Crippen LogP contribution in [0.3, 0.4) is 0 Å². The minimum Gasteiger partial charge on any atom is -0.444 e. The van der Waals surface area contributed by atoms with E-state index in [-0.39, 0.29) is 11.8 Å². The fourth-order valence-corrected chi connectivity index (χ4v) is 3.13. The van der Waals surface area contributed by atoms with Crippen LogP contribution in [0, 0.1) is 5.92 Å². The third-order valence-corrected chi connectivity index (χ3v) is 4.75. The van der Waals surface area contributed by atoms with Gasteiger partial charge in [-0.2, -0.15) is 0 Å². The van der Waals surface area contributed by atoms with Gasteiger partial charge in [-0.1, -0.05) is 34.8 Å². The van der Waals surface area contributed by atoms with E-state index in [0.29, 0.717) is 40.3 Å². The number of carbonyl (C=O) groups is 2. The average molecular weight is 408 g/mol. The zero-order chi connectivity index (χ0) is 18.8. The Kier molecular flexibility index (Phi) is 6.46. The summed E-state index contributed by atoms with van der Waals surface area (Å²) >= 11 is 18.0. The molecular weight excluding hydrogens is 387 g/mol. The van der Waals surface area contributed by atoms with Crippen molar-refractivity contribution in [2.45, 2.75) is 39.2 Å². The smallest absolute Gasteiger partial charge is 0.410 e. The van der Waals surface area contributed by atoms with Crippen LogP contribution in [0.15, 0.2) is 12.1 Å². The third kappa shape index (κ3) is 5.66. The molecule has 0 spiro atoms. The number of nitrogens with one attached hydrogen (secondary N) is 1. The molecule has 1 aliphatic heterocycles. The van der Waals surface area contributed by atoms with Gasteiger partial charge in [-0.3, -0.25) is 4.79 Å². The normalized spacial score (nSPS) is 18.0. The van der Waals surface area contributed by atoms with E-state index in [1.54, 1.807) is 4.90 Å². The van der Waals surface area contributed by atoms with Crippen molar-refractivity contribution in [3.63, 3.8) is 0 Å². The van der Waals surface area contributed by atoms with Gasteiger partial charge in [0.2, 0.25) is 5.91 Å². The summed E-state index contributed by atoms with van der Waals surface area (Å²) in [5.41, 5.74) is -0.171. The monoisotopic (exact) mass is 406 g/mol. The van der Waals surface area contributed by atoms with Crippen LogP contribution in [0.4, 0.5) is 10.5 Å². The second-order valence-corrected chi connectivity index (χ2v) is 8.22. The van der Waals surface area contributed by atoms with E-state index in [1.165, 1.54) is 12.1 Å². The van der Waals surface area contributed by atoms with Gasteiger partial charge in [-0.25, -0.2) is 4.79 Å². The highest BCUT2D eigenvalue weighted by atomic mass is 35.5. The molecule has 1 aromatic carbocycles. The molecule has 1 unspecified atom stereocenters. The SMILES string of the molecule is CC(C)(C)OC(=O)N1CCCC(C(=O)Nc2cc(Cl)c(Cl)cc2Cl)C1. The molecule has 5 nitrogen and oxygen atoms in total. The molecule has 8 heteroatoms. The summed E-state index contributed by atoms with van der Waals surface area (Å²) in [6.45, 7) is 6.31. The first-order chi connectivity index (χ1) is 11.6. The molecule has 1 saturated heterocycles. The molecule has 1 atom stereocenters. The molecule has 0 aliphatic carbocycles. The zero-order valence-electron chi connectivity index (χ0n) is 14.4. The Morgan fingerprint density at radius 1 is 1.16 bits per heavy atom. The summed E-state index contributed by atoms with van der Waals surface area (Å²) in [7, 11) is 0. The minimum absolute atomic E-state index is 0.214. The first kappa shape index (κ1) is 20.1. The van der Waals surface area contributed by atoms with E-state index in [0.717, 1.165) is 6.42 Å². The lowest BCUT2D eigenvalue weighted by molar-refractivity contribution is -0.121. The topological polar surface area (TPSA) is 58.6 Å². The van der Waals surface area contributed by atoms with Crippen LogP contribution < -0.4 is 5.32 Å². The van der Waals surface area contributed by atoms with Crippen molar-refractivity contribution < 1.29 is 14.3 Å². The molecule has 1 heterocycles. The number of ether oxygens (including phenoxy) is 1. The molecule has 0 bridgehead atoms. The maximum Gasteiger partial charge on any atom is 0.410 e. The number of amides is 2. The summed E-state index contributed by atoms with van der Waals surface area (Å²) in [4.78, 5) is 26.3. The number of nitrogens with zero attached hydrogens (tertiary/aromatic N) is 1. The number of halogens is 3. The lowest BCUT2D eigenvalue weighted by Crippen LogP contribution is -2.45. The van der Waals surface area contributed by atoms with Crippen molar-refractivity contribution in [1.82, 2.24) is 4.90 Å². The van der Waals surface area contributed by atoms with Gasteiger partial charge >= 0.3 is 6.09 Å². The summed E-state index contributed by atoms with van der Waals surface area (Å²) in [5.74, 6) is -0.555. The van der Waals surface area contributed by atoms with Gasteiger partial charge in [0.15, 0.2) is 0 Å². The Labute approximate surface area is 162 Å². The number of anilines is 1. The van der Waals surface area contributed by atoms with Crippen LogP contribution in [0.25, 0.3) is 0 Å². The van der Waals surface area contributed by atoms with Crippen molar-refractivity contribution in [1.29, 1.82) is 0 Å². The molecule has 138 valence electrons. The Balaban J connectivity index is 2.02. The quantitative estimate of drug-likeness (QED) is 0.683. The highest BCUT2D eigenvalue weighted by Crippen LogP contribution is 2.33. The number of hydrogen-bond donors (Lipinski definition) is 1. The maximum atomic E-state index is 12.5. The van der Waals surface area contributed by atoms with Crippen molar-refractivity contribution in [2.24, 2.45) is 5.92 Å². The number of hydrogen-bond acceptors (Lipinski definition) is 3. The van der Waals surface area contributed by atoms with E-state index >= 15 is 0 Å². The summed E-state index contributed by atoms with van der Waals surface area (Å²) in [6, 6.07) is 2.99. The van der Waals surface area contributed by atoms with E-state index < -0.39 is 11.7 Å². The Morgan fingerprint density at radius 2 is 1.80 bits per heavy atom. The zero-order valence-corrected chi connectivity index (χ0v) is 16.6. The third-order valence-electron chi connectivity index (χ3n) is 3.71. The Hall–Kier alpha value is -1.17. The van der Waals surface area contributed by atoms with Crippen LogP contribution in [0.2, 0.25) is 15.1 Å². The van der Waals surface area contributed by atoms with Gasteiger partial charge in [0.05, 0.1) is 26.7 Å². The van der Waals surface area contributed by atoms with Crippen LogP contribution in [-0.4, -0.2) is 35.6 Å².